The second kappa shape index (κ2) is 6.22. The van der Waals surface area contributed by atoms with E-state index in [2.05, 4.69) is 26.1 Å². The minimum atomic E-state index is 0.806. The van der Waals surface area contributed by atoms with Crippen LogP contribution >= 0.6 is 0 Å². The van der Waals surface area contributed by atoms with Crippen molar-refractivity contribution in [2.45, 2.75) is 71.8 Å². The van der Waals surface area contributed by atoms with Gasteiger partial charge in [0.1, 0.15) is 0 Å². The Hall–Kier alpha value is -0.0400. The summed E-state index contributed by atoms with van der Waals surface area (Å²) in [6.07, 6.45) is 10.1. The van der Waals surface area contributed by atoms with Gasteiger partial charge in [0.2, 0.25) is 0 Å². The second-order valence-corrected chi connectivity index (χ2v) is 6.93. The molecule has 0 aromatic rings. The van der Waals surface area contributed by atoms with Crippen molar-refractivity contribution < 1.29 is 0 Å². The summed E-state index contributed by atoms with van der Waals surface area (Å²) in [6.45, 7) is 8.59. The van der Waals surface area contributed by atoms with Gasteiger partial charge in [-0.25, -0.2) is 0 Å². The van der Waals surface area contributed by atoms with E-state index in [-0.39, 0.29) is 0 Å². The van der Waals surface area contributed by atoms with Gasteiger partial charge < -0.3 is 5.32 Å². The molecule has 1 nitrogen and oxygen atoms in total. The van der Waals surface area contributed by atoms with Gasteiger partial charge in [-0.3, -0.25) is 0 Å². The molecule has 5 atom stereocenters. The van der Waals surface area contributed by atoms with Crippen LogP contribution in [0.5, 0.6) is 0 Å². The van der Waals surface area contributed by atoms with Gasteiger partial charge in [-0.1, -0.05) is 40.0 Å². The van der Waals surface area contributed by atoms with E-state index in [1.54, 1.807) is 0 Å². The SMILES string of the molecule is CC1CCC(NCC2CCCCC2C)C(C)C1. The van der Waals surface area contributed by atoms with E-state index >= 15 is 0 Å². The summed E-state index contributed by atoms with van der Waals surface area (Å²) in [5.74, 6) is 3.75. The molecule has 2 rings (SSSR count). The van der Waals surface area contributed by atoms with Gasteiger partial charge in [-0.2, -0.15) is 0 Å². The molecule has 5 unspecified atom stereocenters. The molecular weight excluding hydrogens is 206 g/mol. The largest absolute Gasteiger partial charge is 0.313 e. The smallest absolute Gasteiger partial charge is 0.00930 e. The average Bonchev–Trinajstić information content (AvgIpc) is 2.30. The first-order valence-electron chi connectivity index (χ1n) is 7.90. The fourth-order valence-corrected chi connectivity index (χ4v) is 3.97. The molecule has 0 radical (unpaired) electrons. The van der Waals surface area contributed by atoms with Crippen LogP contribution in [0.1, 0.15) is 65.7 Å². The van der Waals surface area contributed by atoms with Crippen molar-refractivity contribution in [1.29, 1.82) is 0 Å². The lowest BCUT2D eigenvalue weighted by Crippen LogP contribution is -2.42. The lowest BCUT2D eigenvalue weighted by molar-refractivity contribution is 0.192. The fraction of sp³-hybridized carbons (Fsp3) is 1.00. The Morgan fingerprint density at radius 2 is 1.65 bits per heavy atom. The summed E-state index contributed by atoms with van der Waals surface area (Å²) in [5.41, 5.74) is 0. The van der Waals surface area contributed by atoms with Gasteiger partial charge in [0.15, 0.2) is 0 Å². The fourth-order valence-electron chi connectivity index (χ4n) is 3.97. The first-order chi connectivity index (χ1) is 8.16. The van der Waals surface area contributed by atoms with Crippen molar-refractivity contribution in [2.75, 3.05) is 6.54 Å². The van der Waals surface area contributed by atoms with Gasteiger partial charge in [-0.05, 0) is 55.9 Å². The quantitative estimate of drug-likeness (QED) is 0.774. The number of hydrogen-bond donors (Lipinski definition) is 1. The van der Waals surface area contributed by atoms with Crippen LogP contribution in [0.25, 0.3) is 0 Å². The topological polar surface area (TPSA) is 12.0 Å². The maximum atomic E-state index is 3.89. The van der Waals surface area contributed by atoms with Crippen molar-refractivity contribution in [2.24, 2.45) is 23.7 Å². The van der Waals surface area contributed by atoms with Gasteiger partial charge in [0.05, 0.1) is 0 Å². The van der Waals surface area contributed by atoms with Gasteiger partial charge in [0, 0.05) is 6.04 Å². The summed E-state index contributed by atoms with van der Waals surface area (Å²) < 4.78 is 0. The third-order valence-corrected chi connectivity index (χ3v) is 5.36. The molecule has 0 bridgehead atoms. The van der Waals surface area contributed by atoms with Crippen LogP contribution in [-0.4, -0.2) is 12.6 Å². The van der Waals surface area contributed by atoms with Crippen LogP contribution in [0.3, 0.4) is 0 Å². The highest BCUT2D eigenvalue weighted by molar-refractivity contribution is 4.83. The van der Waals surface area contributed by atoms with E-state index in [0.717, 1.165) is 29.7 Å². The highest BCUT2D eigenvalue weighted by Gasteiger charge is 2.27. The van der Waals surface area contributed by atoms with Crippen molar-refractivity contribution in [3.63, 3.8) is 0 Å². The summed E-state index contributed by atoms with van der Waals surface area (Å²) in [6, 6.07) is 0.806. The van der Waals surface area contributed by atoms with E-state index in [0.29, 0.717) is 0 Å². The number of hydrogen-bond acceptors (Lipinski definition) is 1. The Bertz CT molecular complexity index is 226. The van der Waals surface area contributed by atoms with Gasteiger partial charge in [-0.15, -0.1) is 0 Å². The third-order valence-electron chi connectivity index (χ3n) is 5.36. The predicted molar refractivity (Wildman–Crippen MR) is 75.1 cm³/mol. The molecule has 17 heavy (non-hydrogen) atoms. The summed E-state index contributed by atoms with van der Waals surface area (Å²) in [4.78, 5) is 0. The molecule has 0 heterocycles. The Morgan fingerprint density at radius 1 is 0.882 bits per heavy atom. The van der Waals surface area contributed by atoms with Gasteiger partial charge in [0.25, 0.3) is 0 Å². The summed E-state index contributed by atoms with van der Waals surface area (Å²) >= 11 is 0. The van der Waals surface area contributed by atoms with Crippen LogP contribution in [0.15, 0.2) is 0 Å². The zero-order valence-corrected chi connectivity index (χ0v) is 12.0. The molecule has 2 aliphatic rings. The van der Waals surface area contributed by atoms with Crippen LogP contribution < -0.4 is 5.32 Å². The highest BCUT2D eigenvalue weighted by Crippen LogP contribution is 2.31. The van der Waals surface area contributed by atoms with Crippen molar-refractivity contribution >= 4 is 0 Å². The lowest BCUT2D eigenvalue weighted by Gasteiger charge is -2.36. The minimum absolute atomic E-state index is 0.806. The van der Waals surface area contributed by atoms with E-state index < -0.39 is 0 Å². The van der Waals surface area contributed by atoms with E-state index in [4.69, 9.17) is 0 Å². The van der Waals surface area contributed by atoms with Crippen molar-refractivity contribution in [3.8, 4) is 0 Å². The molecule has 0 spiro atoms. The van der Waals surface area contributed by atoms with E-state index in [9.17, 15) is 0 Å². The average molecular weight is 237 g/mol. The standard InChI is InChI=1S/C16H31N/c1-12-8-9-16(14(3)10-12)17-11-15-7-5-4-6-13(15)2/h12-17H,4-11H2,1-3H3. The molecule has 1 N–H and O–H groups in total. The van der Waals surface area contributed by atoms with E-state index in [1.807, 2.05) is 0 Å². The molecule has 0 aliphatic heterocycles. The second-order valence-electron chi connectivity index (χ2n) is 6.93. The van der Waals surface area contributed by atoms with E-state index in [1.165, 1.54) is 51.5 Å². The lowest BCUT2D eigenvalue weighted by atomic mass is 9.78. The van der Waals surface area contributed by atoms with Gasteiger partial charge >= 0.3 is 0 Å². The van der Waals surface area contributed by atoms with Crippen molar-refractivity contribution in [3.05, 3.63) is 0 Å². The first kappa shape index (κ1) is 13.4. The molecular formula is C16H31N. The normalized spacial score (nSPS) is 43.6. The highest BCUT2D eigenvalue weighted by atomic mass is 14.9. The molecule has 0 saturated heterocycles. The van der Waals surface area contributed by atoms with Crippen LogP contribution in [0.4, 0.5) is 0 Å². The monoisotopic (exact) mass is 237 g/mol. The predicted octanol–water partition coefficient (Wildman–Crippen LogP) is 4.23. The molecule has 1 heteroatoms. The third kappa shape index (κ3) is 3.71. The molecule has 2 aliphatic carbocycles. The molecule has 0 aromatic heterocycles. The molecule has 0 aromatic carbocycles. The van der Waals surface area contributed by atoms with Crippen molar-refractivity contribution in [1.82, 2.24) is 5.32 Å². The zero-order chi connectivity index (χ0) is 12.3. The molecule has 2 fully saturated rings. The summed E-state index contributed by atoms with van der Waals surface area (Å²) in [5, 5.41) is 3.89. The van der Waals surface area contributed by atoms with Crippen LogP contribution in [0, 0.1) is 23.7 Å². The Kier molecular flexibility index (Phi) is 4.90. The number of rotatable bonds is 3. The number of nitrogens with one attached hydrogen (secondary N) is 1. The Balaban J connectivity index is 1.73. The first-order valence-corrected chi connectivity index (χ1v) is 7.90. The Labute approximate surface area is 108 Å². The zero-order valence-electron chi connectivity index (χ0n) is 12.0. The molecule has 100 valence electrons. The molecule has 0 amide bonds. The minimum Gasteiger partial charge on any atom is -0.313 e. The maximum Gasteiger partial charge on any atom is 0.00930 e. The van der Waals surface area contributed by atoms with Crippen LogP contribution in [-0.2, 0) is 0 Å². The maximum absolute atomic E-state index is 3.89. The summed E-state index contributed by atoms with van der Waals surface area (Å²) in [7, 11) is 0. The Morgan fingerprint density at radius 3 is 2.35 bits per heavy atom. The molecule has 2 saturated carbocycles. The van der Waals surface area contributed by atoms with Crippen LogP contribution in [0.2, 0.25) is 0 Å².